The third-order valence-electron chi connectivity index (χ3n) is 2.73. The smallest absolute Gasteiger partial charge is 0.252 e. The zero-order chi connectivity index (χ0) is 15.5. The molecule has 1 aromatic heterocycles. The molecule has 0 unspecified atom stereocenters. The fraction of sp³-hybridized carbons (Fsp3) is 0.154. The molecule has 0 spiro atoms. The minimum Gasteiger partial charge on any atom is -0.469 e. The molecular weight excluding hydrogens is 299 g/mol. The van der Waals surface area contributed by atoms with Crippen molar-refractivity contribution in [3.05, 3.63) is 53.7 Å². The first kappa shape index (κ1) is 15.2. The van der Waals surface area contributed by atoms with Gasteiger partial charge in [-0.05, 0) is 30.3 Å². The number of carbonyl (C=O) groups excluding carboxylic acids is 1. The van der Waals surface area contributed by atoms with Gasteiger partial charge in [0.05, 0.1) is 16.7 Å². The largest absolute Gasteiger partial charge is 0.469 e. The Labute approximate surface area is 120 Å². The highest BCUT2D eigenvalue weighted by Gasteiger charge is 2.19. The molecule has 1 heterocycles. The lowest BCUT2D eigenvalue weighted by Crippen LogP contribution is -2.28. The molecule has 6 nitrogen and oxygen atoms in total. The van der Waals surface area contributed by atoms with Crippen molar-refractivity contribution in [2.45, 2.75) is 11.3 Å². The summed E-state index contributed by atoms with van der Waals surface area (Å²) in [7, 11) is -4.11. The molecule has 0 atom stereocenters. The van der Waals surface area contributed by atoms with E-state index in [1.807, 2.05) is 0 Å². The highest BCUT2D eigenvalue weighted by atomic mass is 32.2. The summed E-state index contributed by atoms with van der Waals surface area (Å²) in [4.78, 5) is 11.5. The Hall–Kier alpha value is -2.19. The van der Waals surface area contributed by atoms with Crippen LogP contribution < -0.4 is 10.5 Å². The number of nitrogens with one attached hydrogen (secondary N) is 1. The standard InChI is InChI=1S/C13H13FN2O4S/c14-9-3-4-12(21(15,18)19)11(8-9)13(17)16-6-5-10-2-1-7-20-10/h1-4,7-8H,5-6H2,(H,16,17)(H2,15,18,19). The number of halogens is 1. The normalized spacial score (nSPS) is 11.3. The van der Waals surface area contributed by atoms with Crippen LogP contribution in [0.3, 0.4) is 0 Å². The number of carbonyl (C=O) groups is 1. The second kappa shape index (κ2) is 6.06. The molecule has 0 aliphatic heterocycles. The average Bonchev–Trinajstić information content (AvgIpc) is 2.90. The van der Waals surface area contributed by atoms with E-state index in [4.69, 9.17) is 9.56 Å². The third kappa shape index (κ3) is 3.89. The molecule has 0 aliphatic carbocycles. The van der Waals surface area contributed by atoms with E-state index in [0.717, 1.165) is 18.2 Å². The van der Waals surface area contributed by atoms with Crippen LogP contribution in [0.2, 0.25) is 0 Å². The molecule has 2 rings (SSSR count). The zero-order valence-electron chi connectivity index (χ0n) is 10.9. The van der Waals surface area contributed by atoms with Crippen LogP contribution >= 0.6 is 0 Å². The second-order valence-electron chi connectivity index (χ2n) is 4.27. The fourth-order valence-electron chi connectivity index (χ4n) is 1.78. The lowest BCUT2D eigenvalue weighted by atomic mass is 10.2. The lowest BCUT2D eigenvalue weighted by molar-refractivity contribution is 0.0950. The van der Waals surface area contributed by atoms with Gasteiger partial charge in [-0.1, -0.05) is 0 Å². The van der Waals surface area contributed by atoms with Gasteiger partial charge in [-0.25, -0.2) is 17.9 Å². The van der Waals surface area contributed by atoms with Crippen LogP contribution in [0, 0.1) is 5.82 Å². The molecule has 0 bridgehead atoms. The van der Waals surface area contributed by atoms with Crippen molar-refractivity contribution in [2.75, 3.05) is 6.54 Å². The molecule has 21 heavy (non-hydrogen) atoms. The van der Waals surface area contributed by atoms with E-state index in [9.17, 15) is 17.6 Å². The minimum atomic E-state index is -4.11. The topological polar surface area (TPSA) is 102 Å². The summed E-state index contributed by atoms with van der Waals surface area (Å²) in [6.07, 6.45) is 1.93. The quantitative estimate of drug-likeness (QED) is 0.861. The molecule has 0 radical (unpaired) electrons. The van der Waals surface area contributed by atoms with Crippen LogP contribution in [0.4, 0.5) is 4.39 Å². The number of amides is 1. The van der Waals surface area contributed by atoms with E-state index in [2.05, 4.69) is 5.32 Å². The number of hydrogen-bond acceptors (Lipinski definition) is 4. The Kier molecular flexibility index (Phi) is 4.39. The lowest BCUT2D eigenvalue weighted by Gasteiger charge is -2.08. The predicted molar refractivity (Wildman–Crippen MR) is 72.5 cm³/mol. The van der Waals surface area contributed by atoms with Crippen molar-refractivity contribution >= 4 is 15.9 Å². The van der Waals surface area contributed by atoms with Crippen molar-refractivity contribution in [2.24, 2.45) is 5.14 Å². The van der Waals surface area contributed by atoms with Gasteiger partial charge >= 0.3 is 0 Å². The monoisotopic (exact) mass is 312 g/mol. The van der Waals surface area contributed by atoms with Crippen molar-refractivity contribution in [1.29, 1.82) is 0 Å². The Morgan fingerprint density at radius 1 is 1.33 bits per heavy atom. The number of rotatable bonds is 5. The second-order valence-corrected chi connectivity index (χ2v) is 5.80. The van der Waals surface area contributed by atoms with E-state index in [1.165, 1.54) is 6.26 Å². The maximum absolute atomic E-state index is 13.2. The number of hydrogen-bond donors (Lipinski definition) is 2. The molecule has 0 aliphatic rings. The summed E-state index contributed by atoms with van der Waals surface area (Å²) in [5.74, 6) is -0.773. The van der Waals surface area contributed by atoms with Gasteiger partial charge in [-0.15, -0.1) is 0 Å². The van der Waals surface area contributed by atoms with Crippen molar-refractivity contribution < 1.29 is 22.0 Å². The zero-order valence-corrected chi connectivity index (χ0v) is 11.7. The highest BCUT2D eigenvalue weighted by Crippen LogP contribution is 2.15. The SMILES string of the molecule is NS(=O)(=O)c1ccc(F)cc1C(=O)NCCc1ccco1. The van der Waals surface area contributed by atoms with Gasteiger partial charge in [0.2, 0.25) is 10.0 Å². The van der Waals surface area contributed by atoms with Gasteiger partial charge in [0.15, 0.2) is 0 Å². The van der Waals surface area contributed by atoms with Crippen LogP contribution in [-0.4, -0.2) is 20.9 Å². The Bertz CT molecular complexity index is 742. The van der Waals surface area contributed by atoms with E-state index >= 15 is 0 Å². The van der Waals surface area contributed by atoms with Crippen LogP contribution in [0.15, 0.2) is 45.9 Å². The number of furan rings is 1. The maximum Gasteiger partial charge on any atom is 0.252 e. The van der Waals surface area contributed by atoms with Crippen LogP contribution in [0.1, 0.15) is 16.1 Å². The van der Waals surface area contributed by atoms with Crippen molar-refractivity contribution in [3.8, 4) is 0 Å². The van der Waals surface area contributed by atoms with Gasteiger partial charge < -0.3 is 9.73 Å². The summed E-state index contributed by atoms with van der Waals surface area (Å²) in [5.41, 5.74) is -0.322. The third-order valence-corrected chi connectivity index (χ3v) is 3.70. The van der Waals surface area contributed by atoms with Gasteiger partial charge in [0.1, 0.15) is 11.6 Å². The van der Waals surface area contributed by atoms with Gasteiger partial charge in [-0.3, -0.25) is 4.79 Å². The van der Waals surface area contributed by atoms with Crippen LogP contribution in [-0.2, 0) is 16.4 Å². The molecule has 2 aromatic rings. The molecule has 0 fully saturated rings. The molecule has 0 saturated heterocycles. The Morgan fingerprint density at radius 3 is 2.71 bits per heavy atom. The molecule has 0 saturated carbocycles. The fourth-order valence-corrected chi connectivity index (χ4v) is 2.49. The summed E-state index contributed by atoms with van der Waals surface area (Å²) in [6, 6.07) is 6.18. The number of primary sulfonamides is 1. The minimum absolute atomic E-state index is 0.215. The summed E-state index contributed by atoms with van der Waals surface area (Å²) < 4.78 is 41.1. The maximum atomic E-state index is 13.2. The molecular formula is C13H13FN2O4S. The van der Waals surface area contributed by atoms with Gasteiger partial charge in [0, 0.05) is 13.0 Å². The molecule has 3 N–H and O–H groups in total. The highest BCUT2D eigenvalue weighted by molar-refractivity contribution is 7.89. The Morgan fingerprint density at radius 2 is 2.10 bits per heavy atom. The molecule has 1 aromatic carbocycles. The van der Waals surface area contributed by atoms with E-state index in [1.54, 1.807) is 12.1 Å². The van der Waals surface area contributed by atoms with Crippen LogP contribution in [0.25, 0.3) is 0 Å². The summed E-state index contributed by atoms with van der Waals surface area (Å²) in [5, 5.41) is 7.50. The molecule has 8 heteroatoms. The Balaban J connectivity index is 2.13. The first-order chi connectivity index (χ1) is 9.88. The van der Waals surface area contributed by atoms with Crippen molar-refractivity contribution in [1.82, 2.24) is 5.32 Å². The average molecular weight is 312 g/mol. The van der Waals surface area contributed by atoms with Gasteiger partial charge in [-0.2, -0.15) is 0 Å². The first-order valence-electron chi connectivity index (χ1n) is 6.01. The summed E-state index contributed by atoms with van der Waals surface area (Å²) in [6.45, 7) is 0.215. The van der Waals surface area contributed by atoms with Crippen LogP contribution in [0.5, 0.6) is 0 Å². The number of nitrogens with two attached hydrogens (primary N) is 1. The van der Waals surface area contributed by atoms with E-state index in [0.29, 0.717) is 12.2 Å². The summed E-state index contributed by atoms with van der Waals surface area (Å²) >= 11 is 0. The van der Waals surface area contributed by atoms with Gasteiger partial charge in [0.25, 0.3) is 5.91 Å². The molecule has 1 amide bonds. The van der Waals surface area contributed by atoms with E-state index < -0.39 is 26.6 Å². The van der Waals surface area contributed by atoms with Crippen molar-refractivity contribution in [3.63, 3.8) is 0 Å². The molecule has 112 valence electrons. The first-order valence-corrected chi connectivity index (χ1v) is 7.55. The number of benzene rings is 1. The predicted octanol–water partition coefficient (Wildman–Crippen LogP) is 1.04. The van der Waals surface area contributed by atoms with E-state index in [-0.39, 0.29) is 12.1 Å². The number of sulfonamides is 1.